The fraction of sp³-hybridized carbons (Fsp3) is 0.590. The van der Waals surface area contributed by atoms with E-state index in [-0.39, 0.29) is 0 Å². The lowest BCUT2D eigenvalue weighted by atomic mass is 10.2. The van der Waals surface area contributed by atoms with Gasteiger partial charge in [-0.3, -0.25) is 9.69 Å². The Morgan fingerprint density at radius 2 is 0.836 bits per heavy atom. The van der Waals surface area contributed by atoms with Crippen LogP contribution in [-0.2, 0) is 24.6 Å². The molecule has 73 heavy (non-hydrogen) atoms. The van der Waals surface area contributed by atoms with E-state index in [1.807, 2.05) is 23.9 Å². The van der Waals surface area contributed by atoms with Crippen LogP contribution in [0, 0.1) is 0 Å². The van der Waals surface area contributed by atoms with Crippen molar-refractivity contribution < 1.29 is 135 Å². The smallest absolute Gasteiger partial charge is 0.312 e. The summed E-state index contributed by atoms with van der Waals surface area (Å²) in [6.45, 7) is 3.60. The van der Waals surface area contributed by atoms with Gasteiger partial charge in [0.1, 0.15) is 6.42 Å². The van der Waals surface area contributed by atoms with Crippen molar-refractivity contribution in [1.82, 2.24) is 0 Å². The van der Waals surface area contributed by atoms with Gasteiger partial charge in [0.2, 0.25) is 33.5 Å². The number of alkyl halides is 19. The summed E-state index contributed by atoms with van der Waals surface area (Å²) in [5.41, 5.74) is 3.10. The molecule has 0 radical (unpaired) electrons. The van der Waals surface area contributed by atoms with Gasteiger partial charge < -0.3 is 4.90 Å². The van der Waals surface area contributed by atoms with Crippen LogP contribution in [0.15, 0.2) is 72.9 Å². The summed E-state index contributed by atoms with van der Waals surface area (Å²) in [6, 6.07) is 19.5. The van der Waals surface area contributed by atoms with Gasteiger partial charge in [0.05, 0.1) is 8.07 Å². The Morgan fingerprint density at radius 1 is 0.534 bits per heavy atom. The maximum absolute atomic E-state index is 13.0. The van der Waals surface area contributed by atoms with E-state index in [1.54, 1.807) is 42.5 Å². The lowest BCUT2D eigenvalue weighted by molar-refractivity contribution is -0.245. The first-order chi connectivity index (χ1) is 33.4. The third kappa shape index (κ3) is 74.3. The molecule has 0 aliphatic heterocycles. The van der Waals surface area contributed by atoms with E-state index in [0.29, 0.717) is 30.9 Å². The largest absolute Gasteiger partial charge is 0.416 e. The van der Waals surface area contributed by atoms with Crippen LogP contribution in [0.2, 0.25) is 44.8 Å². The molecule has 2 amide bonds. The summed E-state index contributed by atoms with van der Waals surface area (Å²) in [4.78, 5) is 34.7. The maximum atomic E-state index is 13.0. The van der Waals surface area contributed by atoms with Gasteiger partial charge in [0.15, 0.2) is 19.9 Å². The normalized spacial score (nSPS) is 10.9. The summed E-state index contributed by atoms with van der Waals surface area (Å²) in [5.74, 6) is -0.906. The Kier molecular flexibility index (Phi) is 55.1. The van der Waals surface area contributed by atoms with Crippen LogP contribution in [0.1, 0.15) is 19.3 Å². The molecule has 0 spiro atoms. The van der Waals surface area contributed by atoms with Gasteiger partial charge in [-0.1, -0.05) is 81.2 Å². The first-order valence-electron chi connectivity index (χ1n) is 19.5. The summed E-state index contributed by atoms with van der Waals surface area (Å²) >= 11 is 0. The number of carbonyl (C=O) groups excluding carboxylic acids is 2. The fourth-order valence-corrected chi connectivity index (χ4v) is 6.38. The van der Waals surface area contributed by atoms with Crippen molar-refractivity contribution in [3.8, 4) is 0 Å². The van der Waals surface area contributed by atoms with Gasteiger partial charge in [-0.15, -0.1) is 16.7 Å². The number of hydrogen-bond acceptors (Lipinski definition) is 6. The fourth-order valence-electron chi connectivity index (χ4n) is 3.89. The van der Waals surface area contributed by atoms with E-state index < -0.39 is 107 Å². The molecule has 34 heteroatoms. The monoisotopic (exact) mass is 1160 g/mol. The average Bonchev–Trinajstić information content (AvgIpc) is 3.26. The third-order valence-corrected chi connectivity index (χ3v) is 11.3. The number of carbonyl (C=O) groups is 2. The minimum absolute atomic E-state index is 0.295. The van der Waals surface area contributed by atoms with Crippen molar-refractivity contribution in [3.63, 3.8) is 0 Å². The number of amides is 2. The Balaban J connectivity index is -0.000000150. The number of hydrogen-bond donors (Lipinski definition) is 0. The molecule has 434 valence electrons. The van der Waals surface area contributed by atoms with Crippen LogP contribution in [0.25, 0.3) is 0 Å². The minimum Gasteiger partial charge on any atom is -0.312 e. The van der Waals surface area contributed by atoms with Crippen molar-refractivity contribution in [2.75, 3.05) is 70.4 Å². The molecule has 0 fully saturated rings. The predicted molar refractivity (Wildman–Crippen MR) is 228 cm³/mol. The van der Waals surface area contributed by atoms with Gasteiger partial charge in [0.25, 0.3) is 0 Å². The first-order valence-corrected chi connectivity index (χ1v) is 26.5. The zero-order chi connectivity index (χ0) is 59.0. The first kappa shape index (κ1) is 82.7. The topological polar surface area (TPSA) is 77.5 Å². The van der Waals surface area contributed by atoms with Gasteiger partial charge in [-0.25, -0.2) is 35.5 Å². The Bertz CT molecular complexity index is 1500. The molecule has 0 saturated heterocycles. The molecular formula is C39H56F24N2O6Si2. The highest BCUT2D eigenvalue weighted by atomic mass is 28.3. The molecule has 0 atom stereocenters. The molecule has 8 nitrogen and oxygen atoms in total. The lowest BCUT2D eigenvalue weighted by Gasteiger charge is -2.25. The summed E-state index contributed by atoms with van der Waals surface area (Å²) < 4.78 is 255. The van der Waals surface area contributed by atoms with Crippen molar-refractivity contribution >= 4 is 39.6 Å². The number of halogens is 24. The van der Waals surface area contributed by atoms with Gasteiger partial charge in [0, 0.05) is 32.5 Å². The zero-order valence-electron chi connectivity index (χ0n) is 39.4. The predicted octanol–water partition coefficient (Wildman–Crippen LogP) is 16.9. The second kappa shape index (κ2) is 48.6. The SMILES string of the molecule is C=C[Si](C)(C)CCCN(C(=O)CC(F)(F)F)c1ccccc1.C[Si](C)(C)CCCN(C(=O)F)c1ccccc1.FCC(F)(F)F.FCF.FCF.FCOF.FCOF.FOCC(F)(F)F.FOCC(F)(F)F. The highest BCUT2D eigenvalue weighted by molar-refractivity contribution is 6.82. The quantitative estimate of drug-likeness (QED) is 0.0721. The standard InChI is InChI=1S/C16H22F3NOSi.C13H20FNOSi.2C2H2F4O.C2H2F4.2CH2F2O.2CH2F2/c1-4-22(2,3)12-8-11-20(14-9-6-5-7-10-14)15(21)13-16(17,18)19;1-17(2,3)11-7-10-15(13(14)16)12-8-5-4-6-9-12;2*3-2(4,5)1-7-6;3-1-2(4,5)6;2*2-1-4-3;2*2-1-3/h4-7,9-10H,1,8,11-13H2,2-3H3;4-6,8-9H,7,10-11H2,1-3H3;2*1H2;1H2;2*1H2;2*1H2. The van der Waals surface area contributed by atoms with Crippen LogP contribution in [-0.4, -0.2) is 113 Å². The number of nitrogens with zero attached hydrogens (tertiary/aromatic N) is 2. The lowest BCUT2D eigenvalue weighted by Crippen LogP contribution is -2.36. The molecule has 0 N–H and O–H groups in total. The van der Waals surface area contributed by atoms with E-state index in [1.165, 1.54) is 9.80 Å². The van der Waals surface area contributed by atoms with Crippen molar-refractivity contribution in [1.29, 1.82) is 0 Å². The number of para-hydroxylation sites is 2. The average molecular weight is 1160 g/mol. The summed E-state index contributed by atoms with van der Waals surface area (Å²) in [5, 5.41) is 0. The third-order valence-electron chi connectivity index (χ3n) is 6.74. The Morgan fingerprint density at radius 3 is 1.05 bits per heavy atom. The molecule has 0 aliphatic carbocycles. The highest BCUT2D eigenvalue weighted by Gasteiger charge is 2.34. The number of anilines is 2. The molecule has 2 aromatic rings. The van der Waals surface area contributed by atoms with Crippen LogP contribution in [0.4, 0.5) is 122 Å². The second-order valence-electron chi connectivity index (χ2n) is 14.5. The van der Waals surface area contributed by atoms with E-state index in [9.17, 15) is 116 Å². The zero-order valence-corrected chi connectivity index (χ0v) is 41.4. The van der Waals surface area contributed by atoms with Crippen LogP contribution >= 0.6 is 0 Å². The highest BCUT2D eigenvalue weighted by Crippen LogP contribution is 2.25. The molecule has 2 rings (SSSR count). The Hall–Kier alpha value is -4.29. The number of rotatable bonds is 16. The second-order valence-corrected chi connectivity index (χ2v) is 25.0. The molecule has 0 unspecified atom stereocenters. The van der Waals surface area contributed by atoms with E-state index in [4.69, 9.17) is 0 Å². The maximum Gasteiger partial charge on any atom is 0.416 e. The molecular weight excluding hydrogens is 1100 g/mol. The summed E-state index contributed by atoms with van der Waals surface area (Å²) in [7, 11) is -2.64. The van der Waals surface area contributed by atoms with Gasteiger partial charge in [-0.05, 0) is 55.2 Å². The van der Waals surface area contributed by atoms with Gasteiger partial charge in [-0.2, -0.15) is 72.5 Å². The van der Waals surface area contributed by atoms with E-state index >= 15 is 0 Å². The minimum atomic E-state index is -4.62. The van der Waals surface area contributed by atoms with Crippen molar-refractivity contribution in [3.05, 3.63) is 72.9 Å². The van der Waals surface area contributed by atoms with E-state index in [0.717, 1.165) is 18.5 Å². The van der Waals surface area contributed by atoms with E-state index in [2.05, 4.69) is 59.1 Å². The molecule has 0 bridgehead atoms. The number of benzene rings is 2. The molecule has 0 saturated carbocycles. The van der Waals surface area contributed by atoms with Crippen LogP contribution in [0.5, 0.6) is 0 Å². The summed E-state index contributed by atoms with van der Waals surface area (Å²) in [6.07, 6.45) is -19.5. The van der Waals surface area contributed by atoms with Crippen LogP contribution < -0.4 is 9.80 Å². The molecule has 0 heterocycles. The van der Waals surface area contributed by atoms with Gasteiger partial charge >= 0.3 is 30.9 Å². The Labute approximate surface area is 406 Å². The molecule has 2 aromatic carbocycles. The van der Waals surface area contributed by atoms with Crippen LogP contribution in [0.3, 0.4) is 0 Å². The van der Waals surface area contributed by atoms with Crippen molar-refractivity contribution in [2.24, 2.45) is 0 Å². The molecule has 0 aliphatic rings. The van der Waals surface area contributed by atoms with Crippen molar-refractivity contribution in [2.45, 2.75) is 88.8 Å². The molecule has 0 aromatic heterocycles.